The largest absolute Gasteiger partial charge is 0.495 e. The molecule has 2 rings (SSSR count). The summed E-state index contributed by atoms with van der Waals surface area (Å²) in [5.74, 6) is 0.208. The number of nitrogens with one attached hydrogen (secondary N) is 1. The van der Waals surface area contributed by atoms with Crippen molar-refractivity contribution in [2.45, 2.75) is 6.04 Å². The number of benzene rings is 2. The Morgan fingerprint density at radius 1 is 1.25 bits per heavy atom. The van der Waals surface area contributed by atoms with Crippen molar-refractivity contribution in [3.8, 4) is 5.75 Å². The monoisotopic (exact) mass is 290 g/mol. The Hall–Kier alpha value is -2.04. The summed E-state index contributed by atoms with van der Waals surface area (Å²) in [4.78, 5) is 12.2. The Bertz CT molecular complexity index is 602. The lowest BCUT2D eigenvalue weighted by Gasteiger charge is -2.14. The summed E-state index contributed by atoms with van der Waals surface area (Å²) in [5, 5.41) is 3.24. The molecule has 20 heavy (non-hydrogen) atoms. The average Bonchev–Trinajstić information content (AvgIpc) is 2.47. The summed E-state index contributed by atoms with van der Waals surface area (Å²) in [5.41, 5.74) is 7.17. The molecule has 0 fully saturated rings. The van der Waals surface area contributed by atoms with Crippen molar-refractivity contribution >= 4 is 23.2 Å². The van der Waals surface area contributed by atoms with E-state index in [4.69, 9.17) is 22.1 Å². The van der Waals surface area contributed by atoms with Crippen molar-refractivity contribution in [1.82, 2.24) is 0 Å². The first kappa shape index (κ1) is 14.4. The topological polar surface area (TPSA) is 64.3 Å². The van der Waals surface area contributed by atoms with Crippen LogP contribution in [0, 0.1) is 0 Å². The molecule has 5 heteroatoms. The quantitative estimate of drug-likeness (QED) is 0.910. The summed E-state index contributed by atoms with van der Waals surface area (Å²) in [7, 11) is 1.52. The molecule has 1 atom stereocenters. The van der Waals surface area contributed by atoms with E-state index in [9.17, 15) is 4.79 Å². The number of amides is 1. The van der Waals surface area contributed by atoms with E-state index >= 15 is 0 Å². The highest BCUT2D eigenvalue weighted by Crippen LogP contribution is 2.28. The number of nitrogens with two attached hydrogens (primary N) is 1. The van der Waals surface area contributed by atoms with Crippen molar-refractivity contribution < 1.29 is 9.53 Å². The molecule has 0 saturated heterocycles. The molecule has 104 valence electrons. The fourth-order valence-corrected chi connectivity index (χ4v) is 1.97. The molecule has 0 spiro atoms. The van der Waals surface area contributed by atoms with Gasteiger partial charge in [-0.1, -0.05) is 41.9 Å². The number of rotatable bonds is 4. The second-order valence-corrected chi connectivity index (χ2v) is 4.66. The van der Waals surface area contributed by atoms with E-state index in [1.165, 1.54) is 7.11 Å². The van der Waals surface area contributed by atoms with E-state index in [1.54, 1.807) is 30.3 Å². The van der Waals surface area contributed by atoms with Crippen LogP contribution in [0.1, 0.15) is 11.6 Å². The highest BCUT2D eigenvalue weighted by molar-refractivity contribution is 6.31. The van der Waals surface area contributed by atoms with Crippen LogP contribution < -0.4 is 15.8 Å². The van der Waals surface area contributed by atoms with Gasteiger partial charge in [0, 0.05) is 5.02 Å². The van der Waals surface area contributed by atoms with E-state index in [0.717, 1.165) is 5.56 Å². The maximum atomic E-state index is 12.2. The third kappa shape index (κ3) is 3.29. The minimum Gasteiger partial charge on any atom is -0.495 e. The smallest absolute Gasteiger partial charge is 0.245 e. The van der Waals surface area contributed by atoms with Gasteiger partial charge < -0.3 is 15.8 Å². The van der Waals surface area contributed by atoms with E-state index in [1.807, 2.05) is 18.2 Å². The molecule has 1 amide bonds. The van der Waals surface area contributed by atoms with E-state index in [-0.39, 0.29) is 5.91 Å². The van der Waals surface area contributed by atoms with Crippen molar-refractivity contribution in [3.63, 3.8) is 0 Å². The van der Waals surface area contributed by atoms with Crippen molar-refractivity contribution in [1.29, 1.82) is 0 Å². The minimum atomic E-state index is -0.750. The third-order valence-corrected chi connectivity index (χ3v) is 3.10. The lowest BCUT2D eigenvalue weighted by Crippen LogP contribution is -2.27. The first-order valence-corrected chi connectivity index (χ1v) is 6.44. The molecule has 0 aliphatic rings. The van der Waals surface area contributed by atoms with Crippen molar-refractivity contribution in [3.05, 3.63) is 59.1 Å². The Morgan fingerprint density at radius 2 is 1.95 bits per heavy atom. The molecule has 3 N–H and O–H groups in total. The maximum Gasteiger partial charge on any atom is 0.245 e. The fourth-order valence-electron chi connectivity index (χ4n) is 1.80. The second-order valence-electron chi connectivity index (χ2n) is 4.22. The zero-order valence-electron chi connectivity index (χ0n) is 11.0. The van der Waals surface area contributed by atoms with Gasteiger partial charge in [-0.15, -0.1) is 0 Å². The van der Waals surface area contributed by atoms with Gasteiger partial charge in [-0.05, 0) is 23.8 Å². The molecule has 0 saturated carbocycles. The lowest BCUT2D eigenvalue weighted by molar-refractivity contribution is -0.117. The zero-order chi connectivity index (χ0) is 14.5. The molecule has 0 aliphatic heterocycles. The van der Waals surface area contributed by atoms with Crippen LogP contribution in [0.15, 0.2) is 48.5 Å². The number of carbonyl (C=O) groups is 1. The Labute approximate surface area is 122 Å². The predicted octanol–water partition coefficient (Wildman–Crippen LogP) is 2.99. The summed E-state index contributed by atoms with van der Waals surface area (Å²) < 4.78 is 5.17. The fraction of sp³-hybridized carbons (Fsp3) is 0.133. The minimum absolute atomic E-state index is 0.322. The summed E-state index contributed by atoms with van der Waals surface area (Å²) >= 11 is 5.92. The number of hydrogen-bond acceptors (Lipinski definition) is 3. The molecule has 0 radical (unpaired) electrons. The van der Waals surface area contributed by atoms with E-state index in [2.05, 4.69) is 5.32 Å². The standard InChI is InChI=1S/C15H15ClN2O2/c1-20-13-8-7-11(16)9-12(13)18-15(19)14(17)10-5-3-2-4-6-10/h2-9,14H,17H2,1H3,(H,18,19)/t14-/m1/s1. The molecular formula is C15H15ClN2O2. The molecular weight excluding hydrogens is 276 g/mol. The number of ether oxygens (including phenoxy) is 1. The van der Waals surface area contributed by atoms with Crippen LogP contribution in [0.5, 0.6) is 5.75 Å². The predicted molar refractivity (Wildman–Crippen MR) is 80.0 cm³/mol. The van der Waals surface area contributed by atoms with Crippen LogP contribution >= 0.6 is 11.6 Å². The summed E-state index contributed by atoms with van der Waals surface area (Å²) in [6.45, 7) is 0. The third-order valence-electron chi connectivity index (χ3n) is 2.86. The SMILES string of the molecule is COc1ccc(Cl)cc1NC(=O)[C@H](N)c1ccccc1. The Morgan fingerprint density at radius 3 is 2.60 bits per heavy atom. The molecule has 0 aromatic heterocycles. The highest BCUT2D eigenvalue weighted by Gasteiger charge is 2.17. The van der Waals surface area contributed by atoms with Crippen LogP contribution in [0.3, 0.4) is 0 Å². The number of halogens is 1. The molecule has 0 unspecified atom stereocenters. The second kappa shape index (κ2) is 6.41. The molecule has 0 aliphatic carbocycles. The number of methoxy groups -OCH3 is 1. The van der Waals surface area contributed by atoms with Crippen LogP contribution in [-0.4, -0.2) is 13.0 Å². The highest BCUT2D eigenvalue weighted by atomic mass is 35.5. The van der Waals surface area contributed by atoms with E-state index < -0.39 is 6.04 Å². The van der Waals surface area contributed by atoms with Gasteiger partial charge in [0.05, 0.1) is 12.8 Å². The van der Waals surface area contributed by atoms with Crippen LogP contribution in [-0.2, 0) is 4.79 Å². The summed E-state index contributed by atoms with van der Waals surface area (Å²) in [6, 6.07) is 13.4. The molecule has 2 aromatic carbocycles. The molecule has 2 aromatic rings. The van der Waals surface area contributed by atoms with Gasteiger partial charge in [0.25, 0.3) is 0 Å². The van der Waals surface area contributed by atoms with Gasteiger partial charge in [-0.2, -0.15) is 0 Å². The van der Waals surface area contributed by atoms with Gasteiger partial charge in [0.2, 0.25) is 5.91 Å². The number of hydrogen-bond donors (Lipinski definition) is 2. The normalized spacial score (nSPS) is 11.8. The molecule has 0 bridgehead atoms. The zero-order valence-corrected chi connectivity index (χ0v) is 11.7. The number of anilines is 1. The lowest BCUT2D eigenvalue weighted by atomic mass is 10.1. The van der Waals surface area contributed by atoms with Crippen molar-refractivity contribution in [2.24, 2.45) is 5.73 Å². The van der Waals surface area contributed by atoms with Crippen molar-refractivity contribution in [2.75, 3.05) is 12.4 Å². The average molecular weight is 291 g/mol. The van der Waals surface area contributed by atoms with Gasteiger partial charge in [0.15, 0.2) is 0 Å². The molecule has 0 heterocycles. The summed E-state index contributed by atoms with van der Waals surface area (Å²) in [6.07, 6.45) is 0. The van der Waals surface area contributed by atoms with Gasteiger partial charge in [0.1, 0.15) is 11.8 Å². The Kier molecular flexibility index (Phi) is 4.61. The van der Waals surface area contributed by atoms with Gasteiger partial charge >= 0.3 is 0 Å². The van der Waals surface area contributed by atoms with Crippen LogP contribution in [0.2, 0.25) is 5.02 Å². The first-order valence-electron chi connectivity index (χ1n) is 6.06. The van der Waals surface area contributed by atoms with E-state index in [0.29, 0.717) is 16.5 Å². The Balaban J connectivity index is 2.18. The first-order chi connectivity index (χ1) is 9.61. The van der Waals surface area contributed by atoms with Gasteiger partial charge in [-0.25, -0.2) is 0 Å². The van der Waals surface area contributed by atoms with Crippen LogP contribution in [0.25, 0.3) is 0 Å². The maximum absolute atomic E-state index is 12.2. The van der Waals surface area contributed by atoms with Gasteiger partial charge in [-0.3, -0.25) is 4.79 Å². The van der Waals surface area contributed by atoms with Crippen LogP contribution in [0.4, 0.5) is 5.69 Å². The molecule has 4 nitrogen and oxygen atoms in total. The number of carbonyl (C=O) groups excluding carboxylic acids is 1.